The molecule has 86 valence electrons. The Kier molecular flexibility index (Phi) is 3.97. The maximum Gasteiger partial charge on any atom is 0.242 e. The number of hydrogen-bond acceptors (Lipinski definition) is 6. The van der Waals surface area contributed by atoms with E-state index in [0.29, 0.717) is 12.5 Å². The summed E-state index contributed by atoms with van der Waals surface area (Å²) in [6.45, 7) is 2.40. The van der Waals surface area contributed by atoms with E-state index in [1.165, 1.54) is 4.68 Å². The molecule has 0 aliphatic rings. The zero-order valence-electron chi connectivity index (χ0n) is 8.63. The second-order valence-electron chi connectivity index (χ2n) is 2.87. The van der Waals surface area contributed by atoms with Crippen molar-refractivity contribution in [2.75, 3.05) is 24.2 Å². The van der Waals surface area contributed by atoms with Gasteiger partial charge in [0, 0.05) is 20.1 Å². The number of aromatic nitrogens is 4. The first-order valence-electron chi connectivity index (χ1n) is 4.48. The Hall–Kier alpha value is -1.22. The van der Waals surface area contributed by atoms with Crippen LogP contribution in [0.15, 0.2) is 0 Å². The van der Waals surface area contributed by atoms with E-state index in [1.807, 2.05) is 0 Å². The first kappa shape index (κ1) is 11.9. The molecule has 0 saturated carbocycles. The van der Waals surface area contributed by atoms with Crippen LogP contribution in [-0.4, -0.2) is 47.5 Å². The Balaban J connectivity index is 2.37. The molecular formula is C6H14N6O2S. The lowest BCUT2D eigenvalue weighted by molar-refractivity contribution is 0.584. The first-order chi connectivity index (χ1) is 7.05. The maximum atomic E-state index is 11.2. The molecule has 0 spiro atoms. The summed E-state index contributed by atoms with van der Waals surface area (Å²) >= 11 is 0. The average Bonchev–Trinajstić information content (AvgIpc) is 2.51. The molecule has 0 radical (unpaired) electrons. The van der Waals surface area contributed by atoms with E-state index in [2.05, 4.69) is 25.6 Å². The summed E-state index contributed by atoms with van der Waals surface area (Å²) in [5.74, 6) is 0.440. The smallest absolute Gasteiger partial charge is 0.242 e. The number of rotatable bonds is 6. The highest BCUT2D eigenvalue weighted by Crippen LogP contribution is 1.94. The Morgan fingerprint density at radius 1 is 1.47 bits per heavy atom. The molecule has 0 amide bonds. The minimum atomic E-state index is -3.19. The van der Waals surface area contributed by atoms with E-state index in [0.717, 1.165) is 0 Å². The third kappa shape index (κ3) is 3.80. The molecule has 1 aromatic rings. The second kappa shape index (κ2) is 5.03. The molecule has 0 unspecified atom stereocenters. The van der Waals surface area contributed by atoms with Gasteiger partial charge in [0.25, 0.3) is 0 Å². The molecule has 0 aliphatic heterocycles. The van der Waals surface area contributed by atoms with Gasteiger partial charge in [0.15, 0.2) is 0 Å². The molecule has 1 aromatic heterocycles. The van der Waals surface area contributed by atoms with E-state index in [9.17, 15) is 8.42 Å². The van der Waals surface area contributed by atoms with Crippen LogP contribution < -0.4 is 10.0 Å². The van der Waals surface area contributed by atoms with Crippen LogP contribution >= 0.6 is 0 Å². The van der Waals surface area contributed by atoms with Gasteiger partial charge in [0.1, 0.15) is 0 Å². The summed E-state index contributed by atoms with van der Waals surface area (Å²) in [6, 6.07) is 0. The van der Waals surface area contributed by atoms with Gasteiger partial charge in [0.05, 0.1) is 5.75 Å². The van der Waals surface area contributed by atoms with Gasteiger partial charge in [-0.25, -0.2) is 17.8 Å². The van der Waals surface area contributed by atoms with E-state index < -0.39 is 10.0 Å². The average molecular weight is 234 g/mol. The molecule has 1 heterocycles. The molecule has 8 nitrogen and oxygen atoms in total. The molecular weight excluding hydrogens is 220 g/mol. The Bertz CT molecular complexity index is 400. The summed E-state index contributed by atoms with van der Waals surface area (Å²) in [4.78, 5) is 0. The predicted octanol–water partition coefficient (Wildman–Crippen LogP) is -1.44. The highest BCUT2D eigenvalue weighted by Gasteiger charge is 2.08. The van der Waals surface area contributed by atoms with Gasteiger partial charge in [0.2, 0.25) is 16.0 Å². The standard InChI is InChI=1S/C6H14N6O2S/c1-3-8-15(13,14)5-4-7-6-9-10-11-12(6)2/h8H,3-5H2,1-2H3,(H,7,9,11). The highest BCUT2D eigenvalue weighted by atomic mass is 32.2. The number of tetrazole rings is 1. The van der Waals surface area contributed by atoms with Gasteiger partial charge >= 0.3 is 0 Å². The van der Waals surface area contributed by atoms with Crippen molar-refractivity contribution in [1.29, 1.82) is 0 Å². The quantitative estimate of drug-likeness (QED) is 0.625. The summed E-state index contributed by atoms with van der Waals surface area (Å²) in [6.07, 6.45) is 0. The third-order valence-electron chi connectivity index (χ3n) is 1.64. The zero-order chi connectivity index (χ0) is 11.3. The number of aryl methyl sites for hydroxylation is 1. The number of anilines is 1. The fraction of sp³-hybridized carbons (Fsp3) is 0.833. The number of sulfonamides is 1. The lowest BCUT2D eigenvalue weighted by atomic mass is 10.7. The minimum absolute atomic E-state index is 0.00625. The van der Waals surface area contributed by atoms with Crippen LogP contribution in [0.25, 0.3) is 0 Å². The monoisotopic (exact) mass is 234 g/mol. The van der Waals surface area contributed by atoms with Crippen LogP contribution in [0.4, 0.5) is 5.95 Å². The highest BCUT2D eigenvalue weighted by molar-refractivity contribution is 7.89. The summed E-state index contributed by atoms with van der Waals surface area (Å²) < 4.78 is 26.3. The molecule has 0 aliphatic carbocycles. The Labute approximate surface area is 88.1 Å². The van der Waals surface area contributed by atoms with Gasteiger partial charge in [-0.3, -0.25) is 0 Å². The molecule has 0 saturated heterocycles. The molecule has 0 bridgehead atoms. The van der Waals surface area contributed by atoms with Crippen molar-refractivity contribution in [3.05, 3.63) is 0 Å². The van der Waals surface area contributed by atoms with Crippen molar-refractivity contribution < 1.29 is 8.42 Å². The fourth-order valence-electron chi connectivity index (χ4n) is 0.968. The van der Waals surface area contributed by atoms with Gasteiger partial charge in [-0.2, -0.15) is 0 Å². The number of nitrogens with zero attached hydrogens (tertiary/aromatic N) is 4. The first-order valence-corrected chi connectivity index (χ1v) is 6.14. The van der Waals surface area contributed by atoms with Gasteiger partial charge in [-0.15, -0.1) is 0 Å². The van der Waals surface area contributed by atoms with Crippen molar-refractivity contribution in [1.82, 2.24) is 24.9 Å². The maximum absolute atomic E-state index is 11.2. The normalized spacial score (nSPS) is 11.6. The lowest BCUT2D eigenvalue weighted by Crippen LogP contribution is -2.29. The second-order valence-corrected chi connectivity index (χ2v) is 4.80. The van der Waals surface area contributed by atoms with Crippen molar-refractivity contribution >= 4 is 16.0 Å². The summed E-state index contributed by atoms with van der Waals surface area (Å²) in [7, 11) is -1.52. The minimum Gasteiger partial charge on any atom is -0.352 e. The van der Waals surface area contributed by atoms with E-state index in [4.69, 9.17) is 0 Å². The molecule has 15 heavy (non-hydrogen) atoms. The molecule has 0 atom stereocenters. The molecule has 0 fully saturated rings. The van der Waals surface area contributed by atoms with Crippen molar-refractivity contribution in [2.45, 2.75) is 6.92 Å². The topological polar surface area (TPSA) is 102 Å². The molecule has 9 heteroatoms. The van der Waals surface area contributed by atoms with Crippen LogP contribution in [-0.2, 0) is 17.1 Å². The third-order valence-corrected chi connectivity index (χ3v) is 3.11. The van der Waals surface area contributed by atoms with Gasteiger partial charge in [-0.05, 0) is 10.4 Å². The van der Waals surface area contributed by atoms with E-state index in [-0.39, 0.29) is 12.3 Å². The molecule has 1 rings (SSSR count). The van der Waals surface area contributed by atoms with Crippen LogP contribution in [0.2, 0.25) is 0 Å². The van der Waals surface area contributed by atoms with Gasteiger partial charge < -0.3 is 5.32 Å². The van der Waals surface area contributed by atoms with E-state index in [1.54, 1.807) is 14.0 Å². The van der Waals surface area contributed by atoms with Crippen LogP contribution in [0.1, 0.15) is 6.92 Å². The molecule has 2 N–H and O–H groups in total. The van der Waals surface area contributed by atoms with Crippen molar-refractivity contribution in [2.24, 2.45) is 7.05 Å². The predicted molar refractivity (Wildman–Crippen MR) is 54.8 cm³/mol. The zero-order valence-corrected chi connectivity index (χ0v) is 9.45. The van der Waals surface area contributed by atoms with E-state index >= 15 is 0 Å². The van der Waals surface area contributed by atoms with Crippen molar-refractivity contribution in [3.63, 3.8) is 0 Å². The van der Waals surface area contributed by atoms with Crippen LogP contribution in [0, 0.1) is 0 Å². The Morgan fingerprint density at radius 3 is 2.73 bits per heavy atom. The SMILES string of the molecule is CCNS(=O)(=O)CCNc1nnnn1C. The number of nitrogens with one attached hydrogen (secondary N) is 2. The van der Waals surface area contributed by atoms with Crippen LogP contribution in [0.3, 0.4) is 0 Å². The summed E-state index contributed by atoms with van der Waals surface area (Å²) in [5, 5.41) is 13.5. The Morgan fingerprint density at radius 2 is 2.20 bits per heavy atom. The van der Waals surface area contributed by atoms with Crippen LogP contribution in [0.5, 0.6) is 0 Å². The molecule has 0 aromatic carbocycles. The number of hydrogen-bond donors (Lipinski definition) is 2. The lowest BCUT2D eigenvalue weighted by Gasteiger charge is -2.05. The summed E-state index contributed by atoms with van der Waals surface area (Å²) in [5.41, 5.74) is 0. The van der Waals surface area contributed by atoms with Crippen molar-refractivity contribution in [3.8, 4) is 0 Å². The van der Waals surface area contributed by atoms with Gasteiger partial charge in [-0.1, -0.05) is 12.0 Å². The largest absolute Gasteiger partial charge is 0.352 e. The fourth-order valence-corrected chi connectivity index (χ4v) is 1.92.